The van der Waals surface area contributed by atoms with E-state index in [2.05, 4.69) is 50.1 Å². The second-order valence-corrected chi connectivity index (χ2v) is 7.94. The highest BCUT2D eigenvalue weighted by molar-refractivity contribution is 7.90. The molecule has 0 fully saturated rings. The number of hydrogen-bond acceptors (Lipinski definition) is 3. The van der Waals surface area contributed by atoms with Gasteiger partial charge in [-0.05, 0) is 44.2 Å². The van der Waals surface area contributed by atoms with Crippen molar-refractivity contribution >= 4 is 9.84 Å². The third-order valence-corrected chi connectivity index (χ3v) is 5.09. The van der Waals surface area contributed by atoms with Crippen molar-refractivity contribution in [2.75, 3.05) is 13.3 Å². The summed E-state index contributed by atoms with van der Waals surface area (Å²) >= 11 is 0. The SMILES string of the molecule is Cc1cccc(CN(C)[C@H](C)c2ccc(S(C)(=O)=O)cc2)c1. The van der Waals surface area contributed by atoms with Crippen LogP contribution in [0.25, 0.3) is 0 Å². The molecule has 0 spiro atoms. The number of nitrogens with zero attached hydrogens (tertiary/aromatic N) is 1. The Hall–Kier alpha value is -1.65. The van der Waals surface area contributed by atoms with E-state index in [9.17, 15) is 8.42 Å². The average molecular weight is 317 g/mol. The molecule has 0 aromatic heterocycles. The van der Waals surface area contributed by atoms with Crippen LogP contribution in [0.2, 0.25) is 0 Å². The summed E-state index contributed by atoms with van der Waals surface area (Å²) in [7, 11) is -1.05. The molecule has 3 nitrogen and oxygen atoms in total. The standard InChI is InChI=1S/C18H23NO2S/c1-14-6-5-7-16(12-14)13-19(3)15(2)17-8-10-18(11-9-17)22(4,20)21/h5-12,15H,13H2,1-4H3/t15-/m1/s1. The zero-order chi connectivity index (χ0) is 16.3. The summed E-state index contributed by atoms with van der Waals surface area (Å²) in [5, 5.41) is 0. The van der Waals surface area contributed by atoms with Gasteiger partial charge in [-0.1, -0.05) is 42.0 Å². The first-order chi connectivity index (χ1) is 10.3. The van der Waals surface area contributed by atoms with E-state index in [1.807, 2.05) is 12.1 Å². The molecule has 4 heteroatoms. The van der Waals surface area contributed by atoms with Crippen LogP contribution in [0.3, 0.4) is 0 Å². The maximum atomic E-state index is 11.5. The minimum absolute atomic E-state index is 0.217. The Bertz CT molecular complexity index is 736. The summed E-state index contributed by atoms with van der Waals surface area (Å²) < 4.78 is 23.0. The molecule has 0 radical (unpaired) electrons. The molecule has 118 valence electrons. The molecular formula is C18H23NO2S. The molecule has 0 aliphatic carbocycles. The van der Waals surface area contributed by atoms with Crippen LogP contribution >= 0.6 is 0 Å². The van der Waals surface area contributed by atoms with Crippen LogP contribution in [0.5, 0.6) is 0 Å². The van der Waals surface area contributed by atoms with Crippen molar-refractivity contribution in [1.29, 1.82) is 0 Å². The molecule has 1 atom stereocenters. The van der Waals surface area contributed by atoms with E-state index in [-0.39, 0.29) is 6.04 Å². The van der Waals surface area contributed by atoms with Gasteiger partial charge in [0.1, 0.15) is 0 Å². The van der Waals surface area contributed by atoms with Crippen molar-refractivity contribution in [3.63, 3.8) is 0 Å². The Morgan fingerprint density at radius 2 is 1.73 bits per heavy atom. The van der Waals surface area contributed by atoms with Crippen LogP contribution < -0.4 is 0 Å². The Labute approximate surface area is 133 Å². The number of benzene rings is 2. The van der Waals surface area contributed by atoms with E-state index >= 15 is 0 Å². The first-order valence-corrected chi connectivity index (χ1v) is 9.22. The van der Waals surface area contributed by atoms with Crippen molar-refractivity contribution in [2.45, 2.75) is 31.3 Å². The van der Waals surface area contributed by atoms with Crippen LogP contribution in [-0.4, -0.2) is 26.6 Å². The summed E-state index contributed by atoms with van der Waals surface area (Å²) in [6.45, 7) is 5.08. The van der Waals surface area contributed by atoms with Gasteiger partial charge in [0.2, 0.25) is 0 Å². The fourth-order valence-electron chi connectivity index (χ4n) is 2.48. The van der Waals surface area contributed by atoms with Crippen molar-refractivity contribution < 1.29 is 8.42 Å². The molecule has 0 aliphatic heterocycles. The van der Waals surface area contributed by atoms with Crippen LogP contribution in [0.1, 0.15) is 29.7 Å². The van der Waals surface area contributed by atoms with Crippen LogP contribution in [0.4, 0.5) is 0 Å². The highest BCUT2D eigenvalue weighted by Crippen LogP contribution is 2.22. The second-order valence-electron chi connectivity index (χ2n) is 5.92. The van der Waals surface area contributed by atoms with Gasteiger partial charge in [0.25, 0.3) is 0 Å². The van der Waals surface area contributed by atoms with Gasteiger partial charge >= 0.3 is 0 Å². The molecule has 0 amide bonds. The second kappa shape index (κ2) is 6.63. The zero-order valence-electron chi connectivity index (χ0n) is 13.6. The number of hydrogen-bond donors (Lipinski definition) is 0. The van der Waals surface area contributed by atoms with E-state index in [4.69, 9.17) is 0 Å². The summed E-state index contributed by atoms with van der Waals surface area (Å²) in [6, 6.07) is 15.9. The van der Waals surface area contributed by atoms with E-state index < -0.39 is 9.84 Å². The predicted octanol–water partition coefficient (Wildman–Crippen LogP) is 3.59. The summed E-state index contributed by atoms with van der Waals surface area (Å²) in [6.07, 6.45) is 1.23. The third-order valence-electron chi connectivity index (χ3n) is 3.97. The Morgan fingerprint density at radius 1 is 1.09 bits per heavy atom. The first kappa shape index (κ1) is 16.7. The first-order valence-electron chi connectivity index (χ1n) is 7.33. The van der Waals surface area contributed by atoms with E-state index in [0.29, 0.717) is 4.90 Å². The molecule has 2 aromatic rings. The van der Waals surface area contributed by atoms with Gasteiger partial charge in [-0.25, -0.2) is 8.42 Å². The van der Waals surface area contributed by atoms with Crippen LogP contribution in [-0.2, 0) is 16.4 Å². The topological polar surface area (TPSA) is 37.4 Å². The summed E-state index contributed by atoms with van der Waals surface area (Å²) in [5.41, 5.74) is 3.65. The molecule has 0 saturated heterocycles. The molecule has 0 N–H and O–H groups in total. The number of aryl methyl sites for hydroxylation is 1. The zero-order valence-corrected chi connectivity index (χ0v) is 14.4. The lowest BCUT2D eigenvalue weighted by molar-refractivity contribution is 0.253. The van der Waals surface area contributed by atoms with Gasteiger partial charge in [0, 0.05) is 18.8 Å². The Kier molecular flexibility index (Phi) is 5.04. The largest absolute Gasteiger partial charge is 0.295 e. The normalized spacial score (nSPS) is 13.3. The Balaban J connectivity index is 2.12. The van der Waals surface area contributed by atoms with Crippen LogP contribution in [0.15, 0.2) is 53.4 Å². The van der Waals surface area contributed by atoms with E-state index in [1.54, 1.807) is 12.1 Å². The van der Waals surface area contributed by atoms with Crippen molar-refractivity contribution in [3.8, 4) is 0 Å². The maximum absolute atomic E-state index is 11.5. The van der Waals surface area contributed by atoms with Gasteiger partial charge in [-0.15, -0.1) is 0 Å². The lowest BCUT2D eigenvalue weighted by Gasteiger charge is -2.25. The maximum Gasteiger partial charge on any atom is 0.175 e. The van der Waals surface area contributed by atoms with Gasteiger partial charge in [0.15, 0.2) is 9.84 Å². The minimum atomic E-state index is -3.13. The van der Waals surface area contributed by atoms with Crippen molar-refractivity contribution in [3.05, 3.63) is 65.2 Å². The minimum Gasteiger partial charge on any atom is -0.295 e. The van der Waals surface area contributed by atoms with E-state index in [0.717, 1.165) is 12.1 Å². The highest BCUT2D eigenvalue weighted by atomic mass is 32.2. The van der Waals surface area contributed by atoms with Crippen molar-refractivity contribution in [2.24, 2.45) is 0 Å². The molecule has 0 bridgehead atoms. The quantitative estimate of drug-likeness (QED) is 0.845. The predicted molar refractivity (Wildman–Crippen MR) is 90.6 cm³/mol. The smallest absolute Gasteiger partial charge is 0.175 e. The average Bonchev–Trinajstić information content (AvgIpc) is 2.45. The summed E-state index contributed by atoms with van der Waals surface area (Å²) in [5.74, 6) is 0. The Morgan fingerprint density at radius 3 is 2.27 bits per heavy atom. The molecule has 22 heavy (non-hydrogen) atoms. The monoisotopic (exact) mass is 317 g/mol. The highest BCUT2D eigenvalue weighted by Gasteiger charge is 2.13. The number of sulfone groups is 1. The lowest BCUT2D eigenvalue weighted by Crippen LogP contribution is -2.22. The molecule has 2 aromatic carbocycles. The molecular weight excluding hydrogens is 294 g/mol. The van der Waals surface area contributed by atoms with Gasteiger partial charge in [-0.3, -0.25) is 4.90 Å². The van der Waals surface area contributed by atoms with Crippen LogP contribution in [0, 0.1) is 6.92 Å². The van der Waals surface area contributed by atoms with Gasteiger partial charge in [-0.2, -0.15) is 0 Å². The van der Waals surface area contributed by atoms with E-state index in [1.165, 1.54) is 17.4 Å². The molecule has 0 saturated carbocycles. The number of rotatable bonds is 5. The third kappa shape index (κ3) is 4.18. The molecule has 0 unspecified atom stereocenters. The summed E-state index contributed by atoms with van der Waals surface area (Å²) in [4.78, 5) is 2.62. The fourth-order valence-corrected chi connectivity index (χ4v) is 3.11. The van der Waals surface area contributed by atoms with Crippen molar-refractivity contribution in [1.82, 2.24) is 4.90 Å². The molecule has 0 heterocycles. The fraction of sp³-hybridized carbons (Fsp3) is 0.333. The molecule has 0 aliphatic rings. The van der Waals surface area contributed by atoms with Gasteiger partial charge < -0.3 is 0 Å². The van der Waals surface area contributed by atoms with Gasteiger partial charge in [0.05, 0.1) is 4.90 Å². The molecule has 2 rings (SSSR count). The lowest BCUT2D eigenvalue weighted by atomic mass is 10.1.